The average molecular weight is 390 g/mol. The minimum Gasteiger partial charge on any atom is -0.324 e. The van der Waals surface area contributed by atoms with Crippen molar-refractivity contribution in [3.05, 3.63) is 77.3 Å². The summed E-state index contributed by atoms with van der Waals surface area (Å²) >= 11 is 7.31. The number of halogens is 2. The zero-order valence-corrected chi connectivity index (χ0v) is 15.6. The number of hydrogen-bond donors (Lipinski definition) is 1. The van der Waals surface area contributed by atoms with Gasteiger partial charge in [0.2, 0.25) is 5.91 Å². The van der Waals surface area contributed by atoms with Gasteiger partial charge in [-0.15, -0.1) is 0 Å². The highest BCUT2D eigenvalue weighted by molar-refractivity contribution is 8.00. The number of thioether (sulfide) groups is 1. The van der Waals surface area contributed by atoms with Crippen molar-refractivity contribution in [1.29, 1.82) is 0 Å². The van der Waals surface area contributed by atoms with Crippen molar-refractivity contribution in [2.75, 3.05) is 5.32 Å². The smallest absolute Gasteiger partial charge is 0.237 e. The second-order valence-corrected chi connectivity index (χ2v) is 7.41. The van der Waals surface area contributed by atoms with Crippen LogP contribution in [-0.2, 0) is 11.3 Å². The molecule has 0 saturated heterocycles. The van der Waals surface area contributed by atoms with Crippen molar-refractivity contribution in [3.8, 4) is 0 Å². The molecule has 0 aliphatic heterocycles. The summed E-state index contributed by atoms with van der Waals surface area (Å²) < 4.78 is 15.1. The monoisotopic (exact) mass is 389 g/mol. The second-order valence-electron chi connectivity index (χ2n) is 5.70. The third-order valence-electron chi connectivity index (χ3n) is 3.71. The van der Waals surface area contributed by atoms with Gasteiger partial charge in [-0.2, -0.15) is 0 Å². The van der Waals surface area contributed by atoms with Crippen LogP contribution in [0.25, 0.3) is 0 Å². The first-order valence-electron chi connectivity index (χ1n) is 8.00. The predicted molar refractivity (Wildman–Crippen MR) is 103 cm³/mol. The van der Waals surface area contributed by atoms with Gasteiger partial charge in [-0.3, -0.25) is 4.79 Å². The molecule has 0 bridgehead atoms. The predicted octanol–water partition coefficient (Wildman–Crippen LogP) is 4.84. The van der Waals surface area contributed by atoms with Gasteiger partial charge in [0.05, 0.1) is 16.0 Å². The third-order valence-corrected chi connectivity index (χ3v) is 5.14. The first-order valence-corrected chi connectivity index (χ1v) is 9.26. The Hall–Kier alpha value is -2.31. The van der Waals surface area contributed by atoms with Crippen LogP contribution < -0.4 is 5.32 Å². The number of anilines is 1. The van der Waals surface area contributed by atoms with Crippen molar-refractivity contribution in [3.63, 3.8) is 0 Å². The summed E-state index contributed by atoms with van der Waals surface area (Å²) in [5.74, 6) is -0.670. The van der Waals surface area contributed by atoms with Crippen molar-refractivity contribution in [2.45, 2.75) is 23.9 Å². The molecule has 1 N–H and O–H groups in total. The van der Waals surface area contributed by atoms with Crippen LogP contribution in [0.1, 0.15) is 12.5 Å². The standard InChI is InChI=1S/C19H17ClFN3OS/c1-13(18(25)23-17-8-7-15(21)11-16(17)20)26-19-22-9-10-24(19)12-14-5-3-2-4-6-14/h2-11,13H,12H2,1H3,(H,23,25). The highest BCUT2D eigenvalue weighted by Crippen LogP contribution is 2.26. The molecular weight excluding hydrogens is 373 g/mol. The molecule has 1 unspecified atom stereocenters. The van der Waals surface area contributed by atoms with Crippen LogP contribution in [0.4, 0.5) is 10.1 Å². The lowest BCUT2D eigenvalue weighted by Gasteiger charge is -2.14. The van der Waals surface area contributed by atoms with Crippen molar-refractivity contribution in [2.24, 2.45) is 0 Å². The normalized spacial score (nSPS) is 12.0. The molecule has 0 spiro atoms. The van der Waals surface area contributed by atoms with E-state index in [-0.39, 0.29) is 10.9 Å². The molecule has 26 heavy (non-hydrogen) atoms. The minimum atomic E-state index is -0.446. The molecule has 4 nitrogen and oxygen atoms in total. The van der Waals surface area contributed by atoms with Gasteiger partial charge in [-0.1, -0.05) is 53.7 Å². The lowest BCUT2D eigenvalue weighted by atomic mass is 10.2. The number of carbonyl (C=O) groups excluding carboxylic acids is 1. The Balaban J connectivity index is 1.65. The summed E-state index contributed by atoms with van der Waals surface area (Å²) in [6.45, 7) is 2.47. The van der Waals surface area contributed by atoms with Gasteiger partial charge < -0.3 is 9.88 Å². The van der Waals surface area contributed by atoms with Crippen LogP contribution in [0, 0.1) is 5.82 Å². The minimum absolute atomic E-state index is 0.168. The second kappa shape index (κ2) is 8.38. The number of amides is 1. The fourth-order valence-corrected chi connectivity index (χ4v) is 3.43. The lowest BCUT2D eigenvalue weighted by Crippen LogP contribution is -2.23. The van der Waals surface area contributed by atoms with E-state index < -0.39 is 11.1 Å². The van der Waals surface area contributed by atoms with Crippen LogP contribution >= 0.6 is 23.4 Å². The first-order chi connectivity index (χ1) is 12.5. The highest BCUT2D eigenvalue weighted by atomic mass is 35.5. The number of rotatable bonds is 6. The number of nitrogens with zero attached hydrogens (tertiary/aromatic N) is 2. The summed E-state index contributed by atoms with van der Waals surface area (Å²) in [6, 6.07) is 13.9. The summed E-state index contributed by atoms with van der Waals surface area (Å²) in [4.78, 5) is 16.8. The Morgan fingerprint density at radius 1 is 1.31 bits per heavy atom. The van der Waals surface area contributed by atoms with Crippen LogP contribution in [0.3, 0.4) is 0 Å². The van der Waals surface area contributed by atoms with E-state index in [1.54, 1.807) is 13.1 Å². The summed E-state index contributed by atoms with van der Waals surface area (Å²) in [5.41, 5.74) is 1.54. The van der Waals surface area contributed by atoms with E-state index in [2.05, 4.69) is 10.3 Å². The van der Waals surface area contributed by atoms with E-state index in [0.29, 0.717) is 12.2 Å². The zero-order valence-electron chi connectivity index (χ0n) is 14.0. The number of hydrogen-bond acceptors (Lipinski definition) is 3. The molecule has 0 radical (unpaired) electrons. The number of benzene rings is 2. The Labute approximate surface area is 160 Å². The molecule has 0 saturated carbocycles. The highest BCUT2D eigenvalue weighted by Gasteiger charge is 2.18. The van der Waals surface area contributed by atoms with Gasteiger partial charge >= 0.3 is 0 Å². The molecule has 3 rings (SSSR count). The zero-order chi connectivity index (χ0) is 18.5. The quantitative estimate of drug-likeness (QED) is 0.613. The Bertz CT molecular complexity index is 901. The van der Waals surface area contributed by atoms with Gasteiger partial charge in [0.25, 0.3) is 0 Å². The van der Waals surface area contributed by atoms with Gasteiger partial charge in [0, 0.05) is 18.9 Å². The van der Waals surface area contributed by atoms with E-state index in [0.717, 1.165) is 10.7 Å². The van der Waals surface area contributed by atoms with Crippen LogP contribution in [-0.4, -0.2) is 20.7 Å². The number of carbonyl (C=O) groups is 1. The molecule has 1 amide bonds. The van der Waals surface area contributed by atoms with E-state index in [1.165, 1.54) is 30.0 Å². The molecule has 1 heterocycles. The van der Waals surface area contributed by atoms with Crippen LogP contribution in [0.5, 0.6) is 0 Å². The SMILES string of the molecule is CC(Sc1nccn1Cc1ccccc1)C(=O)Nc1ccc(F)cc1Cl. The Morgan fingerprint density at radius 3 is 2.81 bits per heavy atom. The molecule has 1 atom stereocenters. The molecule has 0 fully saturated rings. The molecular formula is C19H17ClFN3OS. The van der Waals surface area contributed by atoms with Crippen LogP contribution in [0.2, 0.25) is 5.02 Å². The van der Waals surface area contributed by atoms with Crippen molar-refractivity contribution in [1.82, 2.24) is 9.55 Å². The van der Waals surface area contributed by atoms with E-state index in [4.69, 9.17) is 11.6 Å². The fourth-order valence-electron chi connectivity index (χ4n) is 2.35. The van der Waals surface area contributed by atoms with E-state index >= 15 is 0 Å². The summed E-state index contributed by atoms with van der Waals surface area (Å²) in [6.07, 6.45) is 3.60. The van der Waals surface area contributed by atoms with E-state index in [9.17, 15) is 9.18 Å². The maximum absolute atomic E-state index is 13.1. The summed E-state index contributed by atoms with van der Waals surface area (Å²) in [5, 5.41) is 3.25. The molecule has 7 heteroatoms. The van der Waals surface area contributed by atoms with Gasteiger partial charge in [0.15, 0.2) is 5.16 Å². The van der Waals surface area contributed by atoms with Crippen LogP contribution in [0.15, 0.2) is 66.1 Å². The molecule has 134 valence electrons. The Morgan fingerprint density at radius 2 is 2.08 bits per heavy atom. The van der Waals surface area contributed by atoms with Crippen molar-refractivity contribution >= 4 is 35.0 Å². The van der Waals surface area contributed by atoms with Crippen molar-refractivity contribution < 1.29 is 9.18 Å². The first kappa shape index (κ1) is 18.5. The van der Waals surface area contributed by atoms with Gasteiger partial charge in [0.1, 0.15) is 5.82 Å². The topological polar surface area (TPSA) is 46.9 Å². The maximum Gasteiger partial charge on any atom is 0.237 e. The number of nitrogens with one attached hydrogen (secondary N) is 1. The van der Waals surface area contributed by atoms with Gasteiger partial charge in [-0.25, -0.2) is 9.37 Å². The fraction of sp³-hybridized carbons (Fsp3) is 0.158. The van der Waals surface area contributed by atoms with E-state index in [1.807, 2.05) is 41.1 Å². The molecule has 0 aliphatic carbocycles. The molecule has 3 aromatic rings. The average Bonchev–Trinajstić information content (AvgIpc) is 3.05. The summed E-state index contributed by atoms with van der Waals surface area (Å²) in [7, 11) is 0. The maximum atomic E-state index is 13.1. The number of aromatic nitrogens is 2. The molecule has 1 aromatic heterocycles. The molecule has 2 aromatic carbocycles. The third kappa shape index (κ3) is 4.65. The molecule has 0 aliphatic rings. The number of imidazole rings is 1. The Kier molecular flexibility index (Phi) is 5.96. The largest absolute Gasteiger partial charge is 0.324 e. The van der Waals surface area contributed by atoms with Gasteiger partial charge in [-0.05, 0) is 30.7 Å². The lowest BCUT2D eigenvalue weighted by molar-refractivity contribution is -0.115.